The van der Waals surface area contributed by atoms with Gasteiger partial charge in [-0.2, -0.15) is 13.2 Å². The number of nitrogens with zero attached hydrogens (tertiary/aromatic N) is 3. The van der Waals surface area contributed by atoms with Gasteiger partial charge in [0, 0.05) is 42.4 Å². The highest BCUT2D eigenvalue weighted by Gasteiger charge is 2.34. The number of alkyl halides is 3. The minimum atomic E-state index is -4.68. The van der Waals surface area contributed by atoms with E-state index in [0.717, 1.165) is 5.56 Å². The highest BCUT2D eigenvalue weighted by atomic mass is 32.1. The summed E-state index contributed by atoms with van der Waals surface area (Å²) in [6, 6.07) is 7.27. The van der Waals surface area contributed by atoms with E-state index in [0.29, 0.717) is 24.4 Å². The molecule has 0 radical (unpaired) electrons. The van der Waals surface area contributed by atoms with E-state index in [1.165, 1.54) is 29.1 Å². The second-order valence-corrected chi connectivity index (χ2v) is 8.19. The van der Waals surface area contributed by atoms with E-state index in [1.54, 1.807) is 16.2 Å². The van der Waals surface area contributed by atoms with Gasteiger partial charge in [0.2, 0.25) is 11.8 Å². The maximum Gasteiger partial charge on any atom is 0.406 e. The van der Waals surface area contributed by atoms with E-state index in [1.807, 2.05) is 11.4 Å². The average Bonchev–Trinajstić information content (AvgIpc) is 3.18. The first-order valence-corrected chi connectivity index (χ1v) is 10.4. The molecule has 0 bridgehead atoms. The molecule has 0 unspecified atom stereocenters. The zero-order valence-corrected chi connectivity index (χ0v) is 17.2. The molecule has 1 aliphatic rings. The van der Waals surface area contributed by atoms with Crippen molar-refractivity contribution in [1.82, 2.24) is 9.80 Å². The fraction of sp³-hybridized carbons (Fsp3) is 0.400. The molecule has 1 aliphatic heterocycles. The maximum absolute atomic E-state index is 13.0. The van der Waals surface area contributed by atoms with Crippen molar-refractivity contribution in [1.29, 1.82) is 0 Å². The summed E-state index contributed by atoms with van der Waals surface area (Å²) in [6.07, 6.45) is -4.58. The quantitative estimate of drug-likeness (QED) is 0.468. The zero-order valence-electron chi connectivity index (χ0n) is 16.4. The lowest BCUT2D eigenvalue weighted by Crippen LogP contribution is -2.40. The lowest BCUT2D eigenvalue weighted by Gasteiger charge is -2.28. The standard InChI is InChI=1S/C20H20F3N3O4S/c21-20(22,23)13-25(11-14-3-1-2-4-16(14)26(29)30)19(28)6-5-18(27)24-9-7-17-15(12-24)8-10-31-17/h1-4,8,10H,5-7,9,11-13H2. The van der Waals surface area contributed by atoms with Crippen molar-refractivity contribution >= 4 is 28.8 Å². The first-order chi connectivity index (χ1) is 14.6. The van der Waals surface area contributed by atoms with Crippen LogP contribution < -0.4 is 0 Å². The molecule has 2 heterocycles. The van der Waals surface area contributed by atoms with Gasteiger partial charge in [0.25, 0.3) is 5.69 Å². The Labute approximate surface area is 180 Å². The van der Waals surface area contributed by atoms with Crippen molar-refractivity contribution in [3.05, 3.63) is 61.8 Å². The first kappa shape index (κ1) is 22.7. The Morgan fingerprint density at radius 2 is 1.94 bits per heavy atom. The smallest absolute Gasteiger partial charge is 0.338 e. The van der Waals surface area contributed by atoms with Gasteiger partial charge in [0.1, 0.15) is 6.54 Å². The van der Waals surface area contributed by atoms with E-state index < -0.39 is 36.5 Å². The van der Waals surface area contributed by atoms with E-state index >= 15 is 0 Å². The molecule has 11 heteroatoms. The van der Waals surface area contributed by atoms with Crippen LogP contribution in [0.5, 0.6) is 0 Å². The van der Waals surface area contributed by atoms with Gasteiger partial charge in [-0.15, -0.1) is 11.3 Å². The third kappa shape index (κ3) is 6.03. The number of nitro benzene ring substituents is 1. The van der Waals surface area contributed by atoms with Crippen LogP contribution in [0.4, 0.5) is 18.9 Å². The van der Waals surface area contributed by atoms with Gasteiger partial charge >= 0.3 is 6.18 Å². The third-order valence-corrected chi connectivity index (χ3v) is 6.01. The SMILES string of the molecule is O=C(CCC(=O)N(Cc1ccccc1[N+](=O)[O-])CC(F)(F)F)N1CCc2sccc2C1. The molecule has 0 N–H and O–H groups in total. The van der Waals surface area contributed by atoms with Crippen molar-refractivity contribution in [2.24, 2.45) is 0 Å². The number of benzene rings is 1. The molecule has 166 valence electrons. The topological polar surface area (TPSA) is 83.8 Å². The van der Waals surface area contributed by atoms with Crippen molar-refractivity contribution in [2.45, 2.75) is 38.5 Å². The van der Waals surface area contributed by atoms with E-state index in [-0.39, 0.29) is 23.6 Å². The summed E-state index contributed by atoms with van der Waals surface area (Å²) in [6.45, 7) is -1.18. The summed E-state index contributed by atoms with van der Waals surface area (Å²) in [7, 11) is 0. The summed E-state index contributed by atoms with van der Waals surface area (Å²) in [5, 5.41) is 13.1. The molecule has 0 atom stereocenters. The van der Waals surface area contributed by atoms with E-state index in [9.17, 15) is 32.9 Å². The number of thiophene rings is 1. The van der Waals surface area contributed by atoms with Gasteiger partial charge in [-0.25, -0.2) is 0 Å². The number of hydrogen-bond acceptors (Lipinski definition) is 5. The Balaban J connectivity index is 1.65. The largest absolute Gasteiger partial charge is 0.406 e. The van der Waals surface area contributed by atoms with Crippen molar-refractivity contribution in [3.8, 4) is 0 Å². The lowest BCUT2D eigenvalue weighted by molar-refractivity contribution is -0.385. The van der Waals surface area contributed by atoms with Gasteiger partial charge in [-0.1, -0.05) is 18.2 Å². The number of rotatable bonds is 7. The zero-order chi connectivity index (χ0) is 22.6. The number of carbonyl (C=O) groups is 2. The Morgan fingerprint density at radius 3 is 2.65 bits per heavy atom. The number of hydrogen-bond donors (Lipinski definition) is 0. The molecule has 7 nitrogen and oxygen atoms in total. The summed E-state index contributed by atoms with van der Waals surface area (Å²) in [4.78, 5) is 38.8. The molecule has 1 aromatic carbocycles. The fourth-order valence-electron chi connectivity index (χ4n) is 3.47. The highest BCUT2D eigenvalue weighted by Crippen LogP contribution is 2.26. The van der Waals surface area contributed by atoms with Gasteiger partial charge in [0.05, 0.1) is 11.5 Å². The minimum absolute atomic E-state index is 0.00237. The number of fused-ring (bicyclic) bond motifs is 1. The maximum atomic E-state index is 13.0. The Morgan fingerprint density at radius 1 is 1.19 bits per heavy atom. The van der Waals surface area contributed by atoms with Crippen molar-refractivity contribution in [2.75, 3.05) is 13.1 Å². The summed E-state index contributed by atoms with van der Waals surface area (Å²) < 4.78 is 39.1. The molecule has 2 amide bonds. The van der Waals surface area contributed by atoms with E-state index in [2.05, 4.69) is 0 Å². The van der Waals surface area contributed by atoms with Crippen LogP contribution in [0.15, 0.2) is 35.7 Å². The number of amides is 2. The summed E-state index contributed by atoms with van der Waals surface area (Å²) >= 11 is 1.62. The predicted molar refractivity (Wildman–Crippen MR) is 107 cm³/mol. The summed E-state index contributed by atoms with van der Waals surface area (Å²) in [5.41, 5.74) is 0.682. The third-order valence-electron chi connectivity index (χ3n) is 4.99. The molecule has 0 saturated carbocycles. The van der Waals surface area contributed by atoms with Crippen molar-refractivity contribution < 1.29 is 27.7 Å². The fourth-order valence-corrected chi connectivity index (χ4v) is 4.36. The molecular formula is C20H20F3N3O4S. The normalized spacial score (nSPS) is 13.6. The number of carbonyl (C=O) groups excluding carboxylic acids is 2. The number of halogens is 3. The van der Waals surface area contributed by atoms with Gasteiger partial charge in [-0.3, -0.25) is 19.7 Å². The van der Waals surface area contributed by atoms with Crippen LogP contribution in [0, 0.1) is 10.1 Å². The van der Waals surface area contributed by atoms with E-state index in [4.69, 9.17) is 0 Å². The number of para-hydroxylation sites is 1. The molecule has 0 saturated heterocycles. The Kier molecular flexibility index (Phi) is 6.94. The van der Waals surface area contributed by atoms with Crippen LogP contribution >= 0.6 is 11.3 Å². The molecule has 0 aliphatic carbocycles. The van der Waals surface area contributed by atoms with Crippen LogP contribution in [0.25, 0.3) is 0 Å². The van der Waals surface area contributed by atoms with Crippen LogP contribution in [0.1, 0.15) is 28.8 Å². The second kappa shape index (κ2) is 9.46. The average molecular weight is 455 g/mol. The minimum Gasteiger partial charge on any atom is -0.338 e. The highest BCUT2D eigenvalue weighted by molar-refractivity contribution is 7.10. The Hall–Kier alpha value is -2.95. The number of nitro groups is 1. The predicted octanol–water partition coefficient (Wildman–Crippen LogP) is 3.91. The van der Waals surface area contributed by atoms with Crippen LogP contribution in [0.3, 0.4) is 0 Å². The molecule has 0 fully saturated rings. The van der Waals surface area contributed by atoms with Gasteiger partial charge in [-0.05, 0) is 23.4 Å². The molecular weight excluding hydrogens is 435 g/mol. The lowest BCUT2D eigenvalue weighted by atomic mass is 10.1. The molecule has 1 aromatic heterocycles. The molecule has 2 aromatic rings. The van der Waals surface area contributed by atoms with Crippen molar-refractivity contribution in [3.63, 3.8) is 0 Å². The van der Waals surface area contributed by atoms with Gasteiger partial charge in [0.15, 0.2) is 0 Å². The van der Waals surface area contributed by atoms with Crippen LogP contribution in [-0.2, 0) is 29.1 Å². The first-order valence-electron chi connectivity index (χ1n) is 9.54. The Bertz CT molecular complexity index is 977. The molecule has 3 rings (SSSR count). The van der Waals surface area contributed by atoms with Crippen LogP contribution in [-0.4, -0.2) is 45.8 Å². The summed E-state index contributed by atoms with van der Waals surface area (Å²) in [5.74, 6) is -1.18. The second-order valence-electron chi connectivity index (χ2n) is 7.19. The van der Waals surface area contributed by atoms with Crippen LogP contribution in [0.2, 0.25) is 0 Å². The monoisotopic (exact) mass is 455 g/mol. The molecule has 31 heavy (non-hydrogen) atoms. The molecule has 0 spiro atoms. The van der Waals surface area contributed by atoms with Gasteiger partial charge < -0.3 is 9.80 Å².